The largest absolute Gasteiger partial charge is 0.305 e. The number of thioether (sulfide) groups is 1. The fourth-order valence-electron chi connectivity index (χ4n) is 4.33. The van der Waals surface area contributed by atoms with Crippen molar-refractivity contribution in [3.05, 3.63) is 83.9 Å². The molecule has 0 bridgehead atoms. The van der Waals surface area contributed by atoms with E-state index in [1.54, 1.807) is 24.3 Å². The number of nitrogens with one attached hydrogen (secondary N) is 1. The molecule has 5 rings (SSSR count). The number of nitrogens with zero attached hydrogens (tertiary/aromatic N) is 4. The maximum Gasteiger partial charge on any atom is 0.242 e. The van der Waals surface area contributed by atoms with E-state index in [-0.39, 0.29) is 11.7 Å². The molecule has 1 aliphatic rings. The van der Waals surface area contributed by atoms with Gasteiger partial charge in [-0.2, -0.15) is 0 Å². The molecule has 0 unspecified atom stereocenters. The van der Waals surface area contributed by atoms with Crippen LogP contribution < -0.4 is 9.62 Å². The Hall–Kier alpha value is -3.63. The highest BCUT2D eigenvalue weighted by Crippen LogP contribution is 2.36. The van der Waals surface area contributed by atoms with Crippen LogP contribution in [0.25, 0.3) is 11.4 Å². The standard InChI is InChI=1S/C26H25N5O3S2/c1-30-25(20-13-15-21(16-14-20)29-36(2,33)34)27-28-26(30)35-17-24(32)31-22-9-5-3-7-18(22)11-12-19-8-4-6-10-23(19)31/h3-10,13-16,29H,11-12,17H2,1-2H3. The molecule has 0 radical (unpaired) electrons. The quantitative estimate of drug-likeness (QED) is 0.379. The Bertz CT molecular complexity index is 1480. The number of benzene rings is 3. The molecular formula is C26H25N5O3S2. The van der Waals surface area contributed by atoms with Crippen LogP contribution in [0.15, 0.2) is 78.0 Å². The lowest BCUT2D eigenvalue weighted by Gasteiger charge is -2.24. The van der Waals surface area contributed by atoms with Gasteiger partial charge in [-0.05, 0) is 60.4 Å². The van der Waals surface area contributed by atoms with E-state index >= 15 is 0 Å². The molecule has 1 N–H and O–H groups in total. The number of sulfonamides is 1. The number of hydrogen-bond acceptors (Lipinski definition) is 6. The molecule has 0 spiro atoms. The van der Waals surface area contributed by atoms with Crippen molar-refractivity contribution in [2.75, 3.05) is 21.6 Å². The van der Waals surface area contributed by atoms with Crippen molar-refractivity contribution in [2.24, 2.45) is 7.05 Å². The van der Waals surface area contributed by atoms with Gasteiger partial charge in [0.05, 0.1) is 23.4 Å². The van der Waals surface area contributed by atoms with E-state index in [4.69, 9.17) is 0 Å². The number of carbonyl (C=O) groups is 1. The van der Waals surface area contributed by atoms with Gasteiger partial charge in [0.1, 0.15) is 0 Å². The van der Waals surface area contributed by atoms with Gasteiger partial charge in [-0.25, -0.2) is 8.42 Å². The van der Waals surface area contributed by atoms with Crippen molar-refractivity contribution in [3.63, 3.8) is 0 Å². The van der Waals surface area contributed by atoms with E-state index in [1.165, 1.54) is 11.8 Å². The Morgan fingerprint density at radius 3 is 2.08 bits per heavy atom. The van der Waals surface area contributed by atoms with E-state index in [0.717, 1.165) is 47.2 Å². The summed E-state index contributed by atoms with van der Waals surface area (Å²) in [7, 11) is -1.50. The molecule has 10 heteroatoms. The highest BCUT2D eigenvalue weighted by molar-refractivity contribution is 7.99. The highest BCUT2D eigenvalue weighted by atomic mass is 32.2. The molecule has 36 heavy (non-hydrogen) atoms. The predicted molar refractivity (Wildman–Crippen MR) is 143 cm³/mol. The summed E-state index contributed by atoms with van der Waals surface area (Å²) < 4.78 is 27.2. The number of carbonyl (C=O) groups excluding carboxylic acids is 1. The number of amides is 1. The molecule has 0 saturated heterocycles. The third-order valence-electron chi connectivity index (χ3n) is 5.98. The predicted octanol–water partition coefficient (Wildman–Crippen LogP) is 4.41. The number of aromatic nitrogens is 3. The van der Waals surface area contributed by atoms with Crippen molar-refractivity contribution in [3.8, 4) is 11.4 Å². The van der Waals surface area contributed by atoms with E-state index in [9.17, 15) is 13.2 Å². The molecule has 0 aliphatic carbocycles. The monoisotopic (exact) mass is 519 g/mol. The lowest BCUT2D eigenvalue weighted by Crippen LogP contribution is -2.28. The Labute approximate surface area is 214 Å². The Morgan fingerprint density at radius 1 is 0.917 bits per heavy atom. The molecule has 1 aliphatic heterocycles. The summed E-state index contributed by atoms with van der Waals surface area (Å²) in [4.78, 5) is 15.4. The van der Waals surface area contributed by atoms with Crippen molar-refractivity contribution in [1.29, 1.82) is 0 Å². The van der Waals surface area contributed by atoms with Gasteiger partial charge in [0, 0.05) is 18.3 Å². The molecular weight excluding hydrogens is 494 g/mol. The summed E-state index contributed by atoms with van der Waals surface area (Å²) in [6.45, 7) is 0. The van der Waals surface area contributed by atoms with E-state index < -0.39 is 10.0 Å². The van der Waals surface area contributed by atoms with Crippen LogP contribution >= 0.6 is 11.8 Å². The van der Waals surface area contributed by atoms with Crippen LogP contribution in [0.2, 0.25) is 0 Å². The van der Waals surface area contributed by atoms with E-state index in [2.05, 4.69) is 27.1 Å². The first-order chi connectivity index (χ1) is 17.3. The molecule has 0 atom stereocenters. The van der Waals surface area contributed by atoms with Gasteiger partial charge in [-0.1, -0.05) is 48.2 Å². The summed E-state index contributed by atoms with van der Waals surface area (Å²) in [5, 5.41) is 9.21. The SMILES string of the molecule is Cn1c(SCC(=O)N2c3ccccc3CCc3ccccc32)nnc1-c1ccc(NS(C)(=O)=O)cc1. The average molecular weight is 520 g/mol. The fraction of sp³-hybridized carbons (Fsp3) is 0.192. The zero-order valence-corrected chi connectivity index (χ0v) is 21.5. The van der Waals surface area contributed by atoms with Gasteiger partial charge in [-0.15, -0.1) is 10.2 Å². The van der Waals surface area contributed by atoms with E-state index in [1.807, 2.05) is 52.9 Å². The van der Waals surface area contributed by atoms with Crippen LogP contribution in [-0.4, -0.2) is 41.1 Å². The van der Waals surface area contributed by atoms with Crippen LogP contribution in [0.3, 0.4) is 0 Å². The maximum atomic E-state index is 13.6. The summed E-state index contributed by atoms with van der Waals surface area (Å²) in [6, 6.07) is 23.0. The van der Waals surface area contributed by atoms with Gasteiger partial charge in [0.2, 0.25) is 15.9 Å². The lowest BCUT2D eigenvalue weighted by atomic mass is 10.0. The van der Waals surface area contributed by atoms with Gasteiger partial charge in [0.15, 0.2) is 11.0 Å². The maximum absolute atomic E-state index is 13.6. The Balaban J connectivity index is 1.36. The van der Waals surface area contributed by atoms with Crippen LogP contribution in [0, 0.1) is 0 Å². The summed E-state index contributed by atoms with van der Waals surface area (Å²) in [5.41, 5.74) is 5.42. The number of aryl methyl sites for hydroxylation is 2. The molecule has 2 heterocycles. The van der Waals surface area contributed by atoms with Gasteiger partial charge >= 0.3 is 0 Å². The second kappa shape index (κ2) is 9.79. The van der Waals surface area contributed by atoms with Crippen LogP contribution in [0.5, 0.6) is 0 Å². The first-order valence-electron chi connectivity index (χ1n) is 11.4. The molecule has 3 aromatic carbocycles. The van der Waals surface area contributed by atoms with Gasteiger partial charge < -0.3 is 4.57 Å². The third kappa shape index (κ3) is 5.00. The Morgan fingerprint density at radius 2 is 1.50 bits per heavy atom. The second-order valence-corrected chi connectivity index (χ2v) is 11.3. The second-order valence-electron chi connectivity index (χ2n) is 8.59. The number of hydrogen-bond donors (Lipinski definition) is 1. The molecule has 0 fully saturated rings. The van der Waals surface area contributed by atoms with Crippen molar-refractivity contribution in [1.82, 2.24) is 14.8 Å². The van der Waals surface area contributed by atoms with Crippen LogP contribution in [0.1, 0.15) is 11.1 Å². The average Bonchev–Trinajstić information content (AvgIpc) is 3.13. The zero-order chi connectivity index (χ0) is 25.3. The fourth-order valence-corrected chi connectivity index (χ4v) is 5.66. The van der Waals surface area contributed by atoms with Crippen molar-refractivity contribution in [2.45, 2.75) is 18.0 Å². The number of para-hydroxylation sites is 2. The topological polar surface area (TPSA) is 97.2 Å². The molecule has 8 nitrogen and oxygen atoms in total. The zero-order valence-electron chi connectivity index (χ0n) is 19.9. The van der Waals surface area contributed by atoms with Gasteiger partial charge in [0.25, 0.3) is 0 Å². The number of fused-ring (bicyclic) bond motifs is 2. The minimum Gasteiger partial charge on any atom is -0.305 e. The molecule has 1 aromatic heterocycles. The summed E-state index contributed by atoms with van der Waals surface area (Å²) in [5.74, 6) is 0.801. The minimum atomic E-state index is -3.35. The van der Waals surface area contributed by atoms with E-state index in [0.29, 0.717) is 16.7 Å². The first-order valence-corrected chi connectivity index (χ1v) is 14.3. The smallest absolute Gasteiger partial charge is 0.242 e. The number of anilines is 3. The summed E-state index contributed by atoms with van der Waals surface area (Å²) >= 11 is 1.34. The van der Waals surface area contributed by atoms with Crippen LogP contribution in [-0.2, 0) is 34.7 Å². The van der Waals surface area contributed by atoms with Gasteiger partial charge in [-0.3, -0.25) is 14.4 Å². The molecule has 0 saturated carbocycles. The molecule has 184 valence electrons. The normalized spacial score (nSPS) is 13.0. The molecule has 1 amide bonds. The lowest BCUT2D eigenvalue weighted by molar-refractivity contribution is -0.115. The number of rotatable bonds is 6. The van der Waals surface area contributed by atoms with Crippen molar-refractivity contribution >= 4 is 44.8 Å². The third-order valence-corrected chi connectivity index (χ3v) is 7.60. The minimum absolute atomic E-state index is 0.0254. The highest BCUT2D eigenvalue weighted by Gasteiger charge is 2.26. The molecule has 4 aromatic rings. The first kappa shape index (κ1) is 24.1. The Kier molecular flexibility index (Phi) is 6.55. The summed E-state index contributed by atoms with van der Waals surface area (Å²) in [6.07, 6.45) is 2.88. The van der Waals surface area contributed by atoms with Crippen LogP contribution in [0.4, 0.5) is 17.1 Å². The van der Waals surface area contributed by atoms with Crippen molar-refractivity contribution < 1.29 is 13.2 Å².